The van der Waals surface area contributed by atoms with Crippen molar-refractivity contribution in [3.05, 3.63) is 44.7 Å². The van der Waals surface area contributed by atoms with Crippen LogP contribution in [-0.2, 0) is 5.88 Å². The molecular formula is C11H6BrCl3N2O. The summed E-state index contributed by atoms with van der Waals surface area (Å²) >= 11 is 21.1. The van der Waals surface area contributed by atoms with Gasteiger partial charge in [-0.25, -0.2) is 9.97 Å². The fourth-order valence-electron chi connectivity index (χ4n) is 1.24. The number of hydrogen-bond acceptors (Lipinski definition) is 3. The zero-order chi connectivity index (χ0) is 13.1. The second-order valence-corrected chi connectivity index (χ2v) is 5.21. The van der Waals surface area contributed by atoms with E-state index in [2.05, 4.69) is 25.9 Å². The molecule has 0 radical (unpaired) electrons. The summed E-state index contributed by atoms with van der Waals surface area (Å²) in [5, 5.41) is 0.725. The van der Waals surface area contributed by atoms with Gasteiger partial charge >= 0.3 is 0 Å². The number of rotatable bonds is 3. The van der Waals surface area contributed by atoms with E-state index in [-0.39, 0.29) is 11.0 Å². The van der Waals surface area contributed by atoms with E-state index in [1.165, 1.54) is 6.33 Å². The topological polar surface area (TPSA) is 35.0 Å². The molecule has 3 nitrogen and oxygen atoms in total. The highest BCUT2D eigenvalue weighted by molar-refractivity contribution is 9.10. The van der Waals surface area contributed by atoms with Crippen LogP contribution in [0.1, 0.15) is 5.56 Å². The van der Waals surface area contributed by atoms with Crippen molar-refractivity contribution in [2.24, 2.45) is 0 Å². The van der Waals surface area contributed by atoms with E-state index >= 15 is 0 Å². The summed E-state index contributed by atoms with van der Waals surface area (Å²) in [5.74, 6) is 0.929. The van der Waals surface area contributed by atoms with Gasteiger partial charge in [-0.3, -0.25) is 0 Å². The molecule has 2 aromatic rings. The number of ether oxygens (including phenoxy) is 1. The minimum atomic E-state index is 0.156. The maximum atomic E-state index is 6.05. The number of alkyl halides is 1. The van der Waals surface area contributed by atoms with E-state index in [4.69, 9.17) is 39.5 Å². The molecule has 1 aromatic carbocycles. The zero-order valence-electron chi connectivity index (χ0n) is 8.83. The number of nitrogens with zero attached hydrogens (tertiary/aromatic N) is 2. The van der Waals surface area contributed by atoms with Crippen LogP contribution in [0.5, 0.6) is 11.6 Å². The van der Waals surface area contributed by atoms with E-state index in [0.29, 0.717) is 22.2 Å². The molecule has 1 aromatic heterocycles. The number of aromatic nitrogens is 2. The van der Waals surface area contributed by atoms with Crippen LogP contribution in [0, 0.1) is 0 Å². The Morgan fingerprint density at radius 3 is 2.67 bits per heavy atom. The van der Waals surface area contributed by atoms with E-state index in [1.54, 1.807) is 12.1 Å². The fraction of sp³-hybridized carbons (Fsp3) is 0.0909. The van der Waals surface area contributed by atoms with Gasteiger partial charge in [0.1, 0.15) is 17.2 Å². The third-order valence-corrected chi connectivity index (χ3v) is 3.47. The van der Waals surface area contributed by atoms with Crippen LogP contribution >= 0.6 is 50.7 Å². The molecule has 0 aliphatic heterocycles. The summed E-state index contributed by atoms with van der Waals surface area (Å²) in [7, 11) is 0. The van der Waals surface area contributed by atoms with Gasteiger partial charge in [0.15, 0.2) is 0 Å². The molecule has 0 N–H and O–H groups in total. The Kier molecular flexibility index (Phi) is 4.67. The zero-order valence-corrected chi connectivity index (χ0v) is 12.7. The lowest BCUT2D eigenvalue weighted by Crippen LogP contribution is -1.96. The van der Waals surface area contributed by atoms with Crippen LogP contribution in [0.15, 0.2) is 29.0 Å². The van der Waals surface area contributed by atoms with Crippen LogP contribution < -0.4 is 4.74 Å². The van der Waals surface area contributed by atoms with E-state index in [1.807, 2.05) is 6.07 Å². The van der Waals surface area contributed by atoms with Crippen molar-refractivity contribution in [3.8, 4) is 11.6 Å². The smallest absolute Gasteiger partial charge is 0.228 e. The van der Waals surface area contributed by atoms with Gasteiger partial charge < -0.3 is 4.74 Å². The molecule has 0 unspecified atom stereocenters. The van der Waals surface area contributed by atoms with Gasteiger partial charge in [-0.2, -0.15) is 0 Å². The molecule has 0 amide bonds. The molecular weight excluding hydrogens is 362 g/mol. The quantitative estimate of drug-likeness (QED) is 0.560. The number of benzene rings is 1. The lowest BCUT2D eigenvalue weighted by atomic mass is 10.3. The van der Waals surface area contributed by atoms with Crippen LogP contribution in [0.25, 0.3) is 0 Å². The molecule has 0 bridgehead atoms. The Bertz CT molecular complexity index is 580. The monoisotopic (exact) mass is 366 g/mol. The molecule has 2 rings (SSSR count). The first kappa shape index (κ1) is 13.9. The third kappa shape index (κ3) is 3.06. The molecule has 0 aliphatic carbocycles. The second kappa shape index (κ2) is 6.06. The highest BCUT2D eigenvalue weighted by Crippen LogP contribution is 2.33. The molecule has 0 atom stereocenters. The van der Waals surface area contributed by atoms with Crippen molar-refractivity contribution < 1.29 is 4.74 Å². The molecule has 1 heterocycles. The highest BCUT2D eigenvalue weighted by Gasteiger charge is 2.12. The van der Waals surface area contributed by atoms with Gasteiger partial charge in [0.2, 0.25) is 5.88 Å². The average molecular weight is 368 g/mol. The summed E-state index contributed by atoms with van der Waals surface area (Å²) in [6.45, 7) is 0. The van der Waals surface area contributed by atoms with E-state index in [9.17, 15) is 0 Å². The van der Waals surface area contributed by atoms with Crippen molar-refractivity contribution in [2.75, 3.05) is 0 Å². The van der Waals surface area contributed by atoms with Crippen molar-refractivity contribution >= 4 is 50.7 Å². The van der Waals surface area contributed by atoms with Crippen molar-refractivity contribution in [3.63, 3.8) is 0 Å². The molecule has 0 fully saturated rings. The number of halogens is 4. The van der Waals surface area contributed by atoms with Gasteiger partial charge in [-0.05, 0) is 18.2 Å². The number of hydrogen-bond donors (Lipinski definition) is 0. The maximum Gasteiger partial charge on any atom is 0.228 e. The van der Waals surface area contributed by atoms with Gasteiger partial charge in [-0.15, -0.1) is 11.6 Å². The fourth-order valence-corrected chi connectivity index (χ4v) is 2.45. The second-order valence-electron chi connectivity index (χ2n) is 3.26. The first-order valence-electron chi connectivity index (χ1n) is 4.80. The Morgan fingerprint density at radius 2 is 2.00 bits per heavy atom. The van der Waals surface area contributed by atoms with Crippen LogP contribution in [0.3, 0.4) is 0 Å². The Morgan fingerprint density at radius 1 is 1.22 bits per heavy atom. The maximum absolute atomic E-state index is 6.05. The predicted molar refractivity (Wildman–Crippen MR) is 75.8 cm³/mol. The normalized spacial score (nSPS) is 10.4. The molecule has 0 aliphatic rings. The van der Waals surface area contributed by atoms with Gasteiger partial charge in [0.05, 0.1) is 16.5 Å². The van der Waals surface area contributed by atoms with Crippen molar-refractivity contribution in [1.82, 2.24) is 9.97 Å². The summed E-state index contributed by atoms with van der Waals surface area (Å²) in [6, 6.07) is 5.25. The van der Waals surface area contributed by atoms with E-state index < -0.39 is 0 Å². The molecule has 18 heavy (non-hydrogen) atoms. The SMILES string of the molecule is ClCc1c(Cl)ncnc1Oc1ccc(Br)cc1Cl. The molecule has 94 valence electrons. The standard InChI is InChI=1S/C11H6BrCl3N2O/c12-6-1-2-9(8(14)3-6)18-11-7(4-13)10(15)16-5-17-11/h1-3,5H,4H2. The lowest BCUT2D eigenvalue weighted by Gasteiger charge is -2.10. The lowest BCUT2D eigenvalue weighted by molar-refractivity contribution is 0.457. The van der Waals surface area contributed by atoms with Crippen LogP contribution in [-0.4, -0.2) is 9.97 Å². The van der Waals surface area contributed by atoms with E-state index in [0.717, 1.165) is 4.47 Å². The van der Waals surface area contributed by atoms with Crippen LogP contribution in [0.4, 0.5) is 0 Å². The van der Waals surface area contributed by atoms with Crippen molar-refractivity contribution in [2.45, 2.75) is 5.88 Å². The minimum Gasteiger partial charge on any atom is -0.437 e. The van der Waals surface area contributed by atoms with Gasteiger partial charge in [0.25, 0.3) is 0 Å². The first-order valence-corrected chi connectivity index (χ1v) is 6.88. The summed E-state index contributed by atoms with van der Waals surface area (Å²) < 4.78 is 6.45. The molecule has 7 heteroatoms. The van der Waals surface area contributed by atoms with Crippen LogP contribution in [0.2, 0.25) is 10.2 Å². The van der Waals surface area contributed by atoms with Gasteiger partial charge in [-0.1, -0.05) is 39.1 Å². The summed E-state index contributed by atoms with van der Waals surface area (Å²) in [4.78, 5) is 7.83. The Labute approximate surface area is 127 Å². The minimum absolute atomic E-state index is 0.156. The molecule has 0 spiro atoms. The predicted octanol–water partition coefficient (Wildman–Crippen LogP) is 5.08. The average Bonchev–Trinajstić information content (AvgIpc) is 2.33. The summed E-state index contributed by atoms with van der Waals surface area (Å²) in [5.41, 5.74) is 0.528. The van der Waals surface area contributed by atoms with Gasteiger partial charge in [0, 0.05) is 4.47 Å². The Hall–Kier alpha value is -0.550. The highest BCUT2D eigenvalue weighted by atomic mass is 79.9. The Balaban J connectivity index is 2.37. The third-order valence-electron chi connectivity index (χ3n) is 2.09. The van der Waals surface area contributed by atoms with Crippen molar-refractivity contribution in [1.29, 1.82) is 0 Å². The molecule has 0 saturated heterocycles. The first-order chi connectivity index (χ1) is 8.61. The summed E-state index contributed by atoms with van der Waals surface area (Å²) in [6.07, 6.45) is 1.31. The largest absolute Gasteiger partial charge is 0.437 e. The molecule has 0 saturated carbocycles.